The van der Waals surface area contributed by atoms with Crippen molar-refractivity contribution in [3.05, 3.63) is 0 Å². The van der Waals surface area contributed by atoms with Gasteiger partial charge in [0.25, 0.3) is 0 Å². The molecule has 17 heavy (non-hydrogen) atoms. The third kappa shape index (κ3) is 3.96. The SMILES string of the molecule is CCCC(C(=O)OCC)N1CCC(C)C(N)C1. The molecule has 1 heterocycles. The summed E-state index contributed by atoms with van der Waals surface area (Å²) in [5.74, 6) is 0.465. The van der Waals surface area contributed by atoms with E-state index in [4.69, 9.17) is 10.5 Å². The summed E-state index contributed by atoms with van der Waals surface area (Å²) < 4.78 is 5.15. The molecule has 0 aromatic heterocycles. The van der Waals surface area contributed by atoms with Crippen molar-refractivity contribution in [2.75, 3.05) is 19.7 Å². The van der Waals surface area contributed by atoms with Gasteiger partial charge in [-0.1, -0.05) is 20.3 Å². The van der Waals surface area contributed by atoms with Crippen molar-refractivity contribution in [1.82, 2.24) is 4.90 Å². The molecule has 4 heteroatoms. The summed E-state index contributed by atoms with van der Waals surface area (Å²) in [4.78, 5) is 14.1. The predicted molar refractivity (Wildman–Crippen MR) is 68.7 cm³/mol. The van der Waals surface area contributed by atoms with E-state index in [0.717, 1.165) is 32.4 Å². The number of nitrogens with zero attached hydrogens (tertiary/aromatic N) is 1. The van der Waals surface area contributed by atoms with Gasteiger partial charge >= 0.3 is 5.97 Å². The lowest BCUT2D eigenvalue weighted by Crippen LogP contribution is -2.53. The van der Waals surface area contributed by atoms with Crippen LogP contribution in [0.3, 0.4) is 0 Å². The third-order valence-electron chi connectivity index (χ3n) is 3.61. The van der Waals surface area contributed by atoms with Crippen molar-refractivity contribution < 1.29 is 9.53 Å². The summed E-state index contributed by atoms with van der Waals surface area (Å²) in [7, 11) is 0. The van der Waals surface area contributed by atoms with Gasteiger partial charge < -0.3 is 10.5 Å². The Bertz CT molecular complexity index is 246. The molecular formula is C13H26N2O2. The molecule has 0 saturated carbocycles. The summed E-state index contributed by atoms with van der Waals surface area (Å²) in [6.07, 6.45) is 2.92. The van der Waals surface area contributed by atoms with Gasteiger partial charge in [-0.05, 0) is 32.2 Å². The van der Waals surface area contributed by atoms with Crippen LogP contribution in [-0.2, 0) is 9.53 Å². The smallest absolute Gasteiger partial charge is 0.323 e. The minimum absolute atomic E-state index is 0.0869. The summed E-state index contributed by atoms with van der Waals surface area (Å²) in [6, 6.07) is 0.0797. The Balaban J connectivity index is 2.60. The fourth-order valence-electron chi connectivity index (χ4n) is 2.37. The first-order valence-corrected chi connectivity index (χ1v) is 6.76. The fraction of sp³-hybridized carbons (Fsp3) is 0.923. The van der Waals surface area contributed by atoms with Crippen molar-refractivity contribution in [2.24, 2.45) is 11.7 Å². The Morgan fingerprint density at radius 1 is 1.53 bits per heavy atom. The van der Waals surface area contributed by atoms with Gasteiger partial charge in [-0.15, -0.1) is 0 Å². The number of rotatable bonds is 5. The van der Waals surface area contributed by atoms with Crippen LogP contribution in [-0.4, -0.2) is 42.6 Å². The van der Waals surface area contributed by atoms with Gasteiger partial charge in [-0.3, -0.25) is 9.69 Å². The first kappa shape index (κ1) is 14.5. The standard InChI is InChI=1S/C13H26N2O2/c1-4-6-12(13(16)17-5-2)15-8-7-10(3)11(14)9-15/h10-12H,4-9,14H2,1-3H3. The number of hydrogen-bond donors (Lipinski definition) is 1. The molecule has 4 nitrogen and oxygen atoms in total. The van der Waals surface area contributed by atoms with E-state index in [1.165, 1.54) is 0 Å². The summed E-state index contributed by atoms with van der Waals surface area (Å²) in [5.41, 5.74) is 6.08. The normalized spacial score (nSPS) is 27.8. The minimum atomic E-state index is -0.0986. The number of ether oxygens (including phenoxy) is 1. The monoisotopic (exact) mass is 242 g/mol. The third-order valence-corrected chi connectivity index (χ3v) is 3.61. The highest BCUT2D eigenvalue weighted by Crippen LogP contribution is 2.20. The number of esters is 1. The Kier molecular flexibility index (Phi) is 5.92. The van der Waals surface area contributed by atoms with Crippen molar-refractivity contribution in [3.8, 4) is 0 Å². The van der Waals surface area contributed by atoms with Crippen molar-refractivity contribution >= 4 is 5.97 Å². The second kappa shape index (κ2) is 6.97. The maximum Gasteiger partial charge on any atom is 0.323 e. The number of nitrogens with two attached hydrogens (primary N) is 1. The van der Waals surface area contributed by atoms with Gasteiger partial charge in [0.1, 0.15) is 6.04 Å². The molecule has 0 aliphatic carbocycles. The molecule has 0 amide bonds. The predicted octanol–water partition coefficient (Wildman–Crippen LogP) is 1.39. The summed E-state index contributed by atoms with van der Waals surface area (Å²) in [6.45, 7) is 8.35. The molecule has 1 rings (SSSR count). The summed E-state index contributed by atoms with van der Waals surface area (Å²) >= 11 is 0. The maximum absolute atomic E-state index is 11.9. The zero-order valence-corrected chi connectivity index (χ0v) is 11.3. The number of piperidine rings is 1. The first-order valence-electron chi connectivity index (χ1n) is 6.76. The molecule has 1 aliphatic heterocycles. The van der Waals surface area contributed by atoms with E-state index in [1.54, 1.807) is 0 Å². The summed E-state index contributed by atoms with van der Waals surface area (Å²) in [5, 5.41) is 0. The highest BCUT2D eigenvalue weighted by molar-refractivity contribution is 5.75. The molecule has 1 saturated heterocycles. The molecule has 0 aromatic rings. The lowest BCUT2D eigenvalue weighted by molar-refractivity contribution is -0.150. The van der Waals surface area contributed by atoms with Crippen molar-refractivity contribution in [2.45, 2.75) is 52.1 Å². The molecule has 1 fully saturated rings. The first-order chi connectivity index (χ1) is 8.10. The average molecular weight is 242 g/mol. The number of likely N-dealkylation sites (tertiary alicyclic amines) is 1. The zero-order chi connectivity index (χ0) is 12.8. The van der Waals surface area contributed by atoms with Crippen LogP contribution < -0.4 is 5.73 Å². The van der Waals surface area contributed by atoms with Crippen LogP contribution in [0.2, 0.25) is 0 Å². The minimum Gasteiger partial charge on any atom is -0.465 e. The molecular weight excluding hydrogens is 216 g/mol. The molecule has 1 aliphatic rings. The van der Waals surface area contributed by atoms with E-state index in [9.17, 15) is 4.79 Å². The Morgan fingerprint density at radius 3 is 2.76 bits per heavy atom. The zero-order valence-electron chi connectivity index (χ0n) is 11.3. The number of carbonyl (C=O) groups excluding carboxylic acids is 1. The van der Waals surface area contributed by atoms with Crippen molar-refractivity contribution in [1.29, 1.82) is 0 Å². The highest BCUT2D eigenvalue weighted by atomic mass is 16.5. The van der Waals surface area contributed by atoms with E-state index in [0.29, 0.717) is 12.5 Å². The molecule has 0 aromatic carbocycles. The quantitative estimate of drug-likeness (QED) is 0.740. The van der Waals surface area contributed by atoms with Gasteiger partial charge in [0.15, 0.2) is 0 Å². The van der Waals surface area contributed by atoms with E-state index in [2.05, 4.69) is 18.7 Å². The second-order valence-corrected chi connectivity index (χ2v) is 4.98. The van der Waals surface area contributed by atoms with Gasteiger partial charge in [-0.2, -0.15) is 0 Å². The van der Waals surface area contributed by atoms with Crippen LogP contribution in [0.25, 0.3) is 0 Å². The molecule has 2 N–H and O–H groups in total. The molecule has 0 radical (unpaired) electrons. The van der Waals surface area contributed by atoms with Gasteiger partial charge in [0.05, 0.1) is 6.61 Å². The average Bonchev–Trinajstić information content (AvgIpc) is 2.30. The molecule has 100 valence electrons. The number of hydrogen-bond acceptors (Lipinski definition) is 4. The van der Waals surface area contributed by atoms with Crippen LogP contribution in [0.5, 0.6) is 0 Å². The number of carbonyl (C=O) groups is 1. The largest absolute Gasteiger partial charge is 0.465 e. The molecule has 0 spiro atoms. The highest BCUT2D eigenvalue weighted by Gasteiger charge is 2.32. The lowest BCUT2D eigenvalue weighted by Gasteiger charge is -2.38. The van der Waals surface area contributed by atoms with Crippen LogP contribution in [0.15, 0.2) is 0 Å². The van der Waals surface area contributed by atoms with Crippen LogP contribution in [0, 0.1) is 5.92 Å². The molecule has 3 unspecified atom stereocenters. The van der Waals surface area contributed by atoms with Crippen LogP contribution >= 0.6 is 0 Å². The molecule has 3 atom stereocenters. The van der Waals surface area contributed by atoms with E-state index >= 15 is 0 Å². The van der Waals surface area contributed by atoms with Gasteiger partial charge in [0, 0.05) is 12.6 Å². The van der Waals surface area contributed by atoms with E-state index in [1.807, 2.05) is 6.92 Å². The topological polar surface area (TPSA) is 55.6 Å². The van der Waals surface area contributed by atoms with E-state index in [-0.39, 0.29) is 18.1 Å². The van der Waals surface area contributed by atoms with Crippen LogP contribution in [0.4, 0.5) is 0 Å². The van der Waals surface area contributed by atoms with Crippen molar-refractivity contribution in [3.63, 3.8) is 0 Å². The second-order valence-electron chi connectivity index (χ2n) is 4.98. The van der Waals surface area contributed by atoms with Gasteiger partial charge in [0.2, 0.25) is 0 Å². The fourth-order valence-corrected chi connectivity index (χ4v) is 2.37. The molecule has 0 bridgehead atoms. The Hall–Kier alpha value is -0.610. The lowest BCUT2D eigenvalue weighted by atomic mass is 9.92. The van der Waals surface area contributed by atoms with E-state index < -0.39 is 0 Å². The Morgan fingerprint density at radius 2 is 2.24 bits per heavy atom. The van der Waals surface area contributed by atoms with Gasteiger partial charge in [-0.25, -0.2) is 0 Å². The maximum atomic E-state index is 11.9. The van der Waals surface area contributed by atoms with Crippen LogP contribution in [0.1, 0.15) is 40.0 Å². The Labute approximate surface area is 104 Å².